The van der Waals surface area contributed by atoms with Gasteiger partial charge in [0.05, 0.1) is 26.1 Å². The molecule has 0 aromatic heterocycles. The summed E-state index contributed by atoms with van der Waals surface area (Å²) in [5.41, 5.74) is 0.851. The van der Waals surface area contributed by atoms with Gasteiger partial charge in [-0.1, -0.05) is 28.1 Å². The van der Waals surface area contributed by atoms with E-state index in [9.17, 15) is 9.59 Å². The maximum Gasteiger partial charge on any atom is 0.307 e. The molecule has 0 bridgehead atoms. The van der Waals surface area contributed by atoms with Crippen molar-refractivity contribution < 1.29 is 14.3 Å². The van der Waals surface area contributed by atoms with E-state index in [1.165, 1.54) is 7.11 Å². The summed E-state index contributed by atoms with van der Waals surface area (Å²) in [6.07, 6.45) is 0.0996. The highest BCUT2D eigenvalue weighted by Gasteiger charge is 2.18. The van der Waals surface area contributed by atoms with Crippen molar-refractivity contribution in [2.75, 3.05) is 20.7 Å². The normalized spacial score (nSPS) is 11.7. The summed E-state index contributed by atoms with van der Waals surface area (Å²) in [6.45, 7) is 0.200. The lowest BCUT2D eigenvalue weighted by molar-refractivity contribution is -0.141. The van der Waals surface area contributed by atoms with Crippen LogP contribution in [-0.2, 0) is 14.3 Å². The molecule has 5 nitrogen and oxygen atoms in total. The molecule has 0 spiro atoms. The number of carbonyl (C=O) groups excluding carboxylic acids is 2. The smallest absolute Gasteiger partial charge is 0.307 e. The monoisotopic (exact) mass is 328 g/mol. The number of methoxy groups -OCH3 is 1. The Hall–Kier alpha value is -1.40. The third kappa shape index (κ3) is 5.40. The number of esters is 1. The highest BCUT2D eigenvalue weighted by Crippen LogP contribution is 2.21. The van der Waals surface area contributed by atoms with Gasteiger partial charge < -0.3 is 15.4 Å². The van der Waals surface area contributed by atoms with Gasteiger partial charge in [0.25, 0.3) is 0 Å². The van der Waals surface area contributed by atoms with Crippen LogP contribution in [0.15, 0.2) is 28.7 Å². The molecule has 0 aliphatic heterocycles. The number of hydrogen-bond acceptors (Lipinski definition) is 4. The van der Waals surface area contributed by atoms with Gasteiger partial charge in [0, 0.05) is 4.47 Å². The van der Waals surface area contributed by atoms with Crippen LogP contribution in [0.25, 0.3) is 0 Å². The van der Waals surface area contributed by atoms with Crippen LogP contribution in [0, 0.1) is 0 Å². The predicted molar refractivity (Wildman–Crippen MR) is 75.6 cm³/mol. The van der Waals surface area contributed by atoms with E-state index in [0.717, 1.165) is 10.0 Å². The van der Waals surface area contributed by atoms with Crippen LogP contribution in [-0.4, -0.2) is 32.6 Å². The molecular formula is C13H17BrN2O3. The van der Waals surface area contributed by atoms with E-state index in [-0.39, 0.29) is 24.8 Å². The summed E-state index contributed by atoms with van der Waals surface area (Å²) in [6, 6.07) is 7.07. The summed E-state index contributed by atoms with van der Waals surface area (Å²) in [5.74, 6) is -0.536. The van der Waals surface area contributed by atoms with Crippen molar-refractivity contribution in [1.29, 1.82) is 0 Å². The topological polar surface area (TPSA) is 67.4 Å². The molecule has 1 rings (SSSR count). The van der Waals surface area contributed by atoms with Crippen molar-refractivity contribution >= 4 is 27.8 Å². The average Bonchev–Trinajstić information content (AvgIpc) is 2.38. The van der Waals surface area contributed by atoms with Crippen LogP contribution in [0.1, 0.15) is 18.0 Å². The number of halogens is 1. The molecule has 2 N–H and O–H groups in total. The number of benzene rings is 1. The Morgan fingerprint density at radius 3 is 2.74 bits per heavy atom. The summed E-state index contributed by atoms with van der Waals surface area (Å²) < 4.78 is 5.55. The van der Waals surface area contributed by atoms with Crippen LogP contribution >= 0.6 is 15.9 Å². The van der Waals surface area contributed by atoms with Crippen LogP contribution in [0.2, 0.25) is 0 Å². The zero-order valence-corrected chi connectivity index (χ0v) is 12.5. The molecule has 0 radical (unpaired) electrons. The van der Waals surface area contributed by atoms with Crippen LogP contribution < -0.4 is 10.6 Å². The van der Waals surface area contributed by atoms with E-state index >= 15 is 0 Å². The second-order valence-electron chi connectivity index (χ2n) is 3.99. The maximum atomic E-state index is 11.6. The van der Waals surface area contributed by atoms with Gasteiger partial charge in [-0.25, -0.2) is 0 Å². The fourth-order valence-corrected chi connectivity index (χ4v) is 2.05. The summed E-state index contributed by atoms with van der Waals surface area (Å²) in [7, 11) is 3.02. The Morgan fingerprint density at radius 2 is 2.16 bits per heavy atom. The van der Waals surface area contributed by atoms with Gasteiger partial charge >= 0.3 is 5.97 Å². The van der Waals surface area contributed by atoms with Crippen molar-refractivity contribution in [2.24, 2.45) is 0 Å². The fraction of sp³-hybridized carbons (Fsp3) is 0.385. The molecule has 0 aliphatic carbocycles. The minimum Gasteiger partial charge on any atom is -0.469 e. The maximum absolute atomic E-state index is 11.6. The molecular weight excluding hydrogens is 312 g/mol. The second kappa shape index (κ2) is 7.91. The van der Waals surface area contributed by atoms with E-state index in [1.807, 2.05) is 24.3 Å². The Morgan fingerprint density at radius 1 is 1.42 bits per heavy atom. The lowest BCUT2D eigenvalue weighted by atomic mass is 10.0. The van der Waals surface area contributed by atoms with Gasteiger partial charge in [-0.05, 0) is 24.7 Å². The summed E-state index contributed by atoms with van der Waals surface area (Å²) in [4.78, 5) is 23.1. The van der Waals surface area contributed by atoms with Gasteiger partial charge in [-0.3, -0.25) is 9.59 Å². The molecule has 104 valence electrons. The first-order valence-electron chi connectivity index (χ1n) is 5.83. The molecule has 0 aliphatic rings. The third-order valence-electron chi connectivity index (χ3n) is 2.52. The lowest BCUT2D eigenvalue weighted by Gasteiger charge is -2.18. The number of likely N-dealkylation sites (N-methyl/N-ethyl adjacent to an activating group) is 1. The molecule has 0 saturated heterocycles. The van der Waals surface area contributed by atoms with Gasteiger partial charge in [0.15, 0.2) is 0 Å². The molecule has 0 saturated carbocycles. The lowest BCUT2D eigenvalue weighted by Crippen LogP contribution is -2.36. The highest BCUT2D eigenvalue weighted by atomic mass is 79.9. The van der Waals surface area contributed by atoms with Gasteiger partial charge in [-0.15, -0.1) is 0 Å². The first-order valence-corrected chi connectivity index (χ1v) is 6.62. The predicted octanol–water partition coefficient (Wildman–Crippen LogP) is 1.39. The Bertz CT molecular complexity index is 451. The zero-order chi connectivity index (χ0) is 14.3. The molecule has 1 amide bonds. The fourth-order valence-electron chi connectivity index (χ4n) is 1.63. The highest BCUT2D eigenvalue weighted by molar-refractivity contribution is 9.10. The minimum absolute atomic E-state index is 0.0996. The average molecular weight is 329 g/mol. The number of nitrogens with one attached hydrogen (secondary N) is 2. The quantitative estimate of drug-likeness (QED) is 0.774. The molecule has 1 atom stereocenters. The number of rotatable bonds is 6. The SMILES string of the molecule is CNCC(=O)NC(CC(=O)OC)c1cccc(Br)c1. The number of ether oxygens (including phenoxy) is 1. The first-order chi connectivity index (χ1) is 9.06. The van der Waals surface area contributed by atoms with E-state index < -0.39 is 6.04 Å². The van der Waals surface area contributed by atoms with Crippen molar-refractivity contribution in [3.63, 3.8) is 0 Å². The Kier molecular flexibility index (Phi) is 6.52. The molecule has 6 heteroatoms. The van der Waals surface area contributed by atoms with Gasteiger partial charge in [-0.2, -0.15) is 0 Å². The number of hydrogen-bond donors (Lipinski definition) is 2. The van der Waals surface area contributed by atoms with Crippen molar-refractivity contribution in [3.05, 3.63) is 34.3 Å². The van der Waals surface area contributed by atoms with E-state index in [2.05, 4.69) is 31.3 Å². The standard InChI is InChI=1S/C13H17BrN2O3/c1-15-8-12(17)16-11(7-13(18)19-2)9-4-3-5-10(14)6-9/h3-6,11,15H,7-8H2,1-2H3,(H,16,17). The Labute approximate surface area is 120 Å². The number of amides is 1. The van der Waals surface area contributed by atoms with E-state index in [4.69, 9.17) is 0 Å². The summed E-state index contributed by atoms with van der Waals surface area (Å²) >= 11 is 3.37. The van der Waals surface area contributed by atoms with Crippen LogP contribution in [0.5, 0.6) is 0 Å². The van der Waals surface area contributed by atoms with Gasteiger partial charge in [0.1, 0.15) is 0 Å². The molecule has 1 aromatic carbocycles. The van der Waals surface area contributed by atoms with Crippen LogP contribution in [0.3, 0.4) is 0 Å². The summed E-state index contributed by atoms with van der Waals surface area (Å²) in [5, 5.41) is 5.57. The minimum atomic E-state index is -0.397. The third-order valence-corrected chi connectivity index (χ3v) is 3.02. The molecule has 1 aromatic rings. The molecule has 19 heavy (non-hydrogen) atoms. The first kappa shape index (κ1) is 15.7. The molecule has 0 fully saturated rings. The van der Waals surface area contributed by atoms with Crippen molar-refractivity contribution in [1.82, 2.24) is 10.6 Å². The molecule has 1 unspecified atom stereocenters. The van der Waals surface area contributed by atoms with Crippen molar-refractivity contribution in [3.8, 4) is 0 Å². The van der Waals surface area contributed by atoms with E-state index in [1.54, 1.807) is 7.05 Å². The molecule has 0 heterocycles. The van der Waals surface area contributed by atoms with Crippen LogP contribution in [0.4, 0.5) is 0 Å². The van der Waals surface area contributed by atoms with Crippen molar-refractivity contribution in [2.45, 2.75) is 12.5 Å². The zero-order valence-electron chi connectivity index (χ0n) is 10.9. The largest absolute Gasteiger partial charge is 0.469 e. The van der Waals surface area contributed by atoms with E-state index in [0.29, 0.717) is 0 Å². The Balaban J connectivity index is 2.85. The number of carbonyl (C=O) groups is 2. The second-order valence-corrected chi connectivity index (χ2v) is 4.90. The van der Waals surface area contributed by atoms with Gasteiger partial charge in [0.2, 0.25) is 5.91 Å².